The Balaban J connectivity index is 1.66. The Morgan fingerprint density at radius 3 is 2.32 bits per heavy atom. The molecule has 10 heteroatoms. The topological polar surface area (TPSA) is 98.8 Å². The molecule has 9 nitrogen and oxygen atoms in total. The molecule has 0 amide bonds. The summed E-state index contributed by atoms with van der Waals surface area (Å²) in [5.41, 5.74) is 1.32. The molecule has 2 atom stereocenters. The summed E-state index contributed by atoms with van der Waals surface area (Å²) in [7, 11) is 4.53. The number of benzene rings is 2. The summed E-state index contributed by atoms with van der Waals surface area (Å²) in [4.78, 5) is 23.5. The van der Waals surface area contributed by atoms with E-state index in [9.17, 15) is 9.59 Å². The summed E-state index contributed by atoms with van der Waals surface area (Å²) in [6, 6.07) is 8.64. The van der Waals surface area contributed by atoms with E-state index in [-0.39, 0.29) is 13.4 Å². The van der Waals surface area contributed by atoms with Crippen molar-refractivity contribution < 1.29 is 42.7 Å². The second-order valence-electron chi connectivity index (χ2n) is 7.08. The molecule has 2 unspecified atom stereocenters. The van der Waals surface area contributed by atoms with Gasteiger partial charge in [-0.25, -0.2) is 4.79 Å². The van der Waals surface area contributed by atoms with Crippen molar-refractivity contribution in [2.24, 2.45) is 0 Å². The molecule has 0 N–H and O–H groups in total. The van der Waals surface area contributed by atoms with E-state index in [1.807, 2.05) is 0 Å². The Morgan fingerprint density at radius 2 is 1.71 bits per heavy atom. The number of methoxy groups -OCH3 is 3. The van der Waals surface area contributed by atoms with E-state index >= 15 is 0 Å². The van der Waals surface area contributed by atoms with Crippen molar-refractivity contribution in [1.82, 2.24) is 0 Å². The van der Waals surface area contributed by atoms with Crippen LogP contribution < -0.4 is 23.7 Å². The minimum Gasteiger partial charge on any atom is -0.493 e. The van der Waals surface area contributed by atoms with Crippen LogP contribution in [-0.4, -0.2) is 51.5 Å². The molecule has 0 aromatic heterocycles. The molecule has 0 fully saturated rings. The molecule has 1 heterocycles. The lowest BCUT2D eigenvalue weighted by Gasteiger charge is -2.22. The molecule has 1 aliphatic rings. The fourth-order valence-electron chi connectivity index (χ4n) is 3.28. The van der Waals surface area contributed by atoms with Gasteiger partial charge in [-0.2, -0.15) is 0 Å². The van der Waals surface area contributed by atoms with Crippen molar-refractivity contribution in [3.8, 4) is 28.7 Å². The Bertz CT molecular complexity index is 1040. The average molecular weight is 537 g/mol. The van der Waals surface area contributed by atoms with Crippen LogP contribution in [0.5, 0.6) is 28.7 Å². The molecule has 1 aliphatic heterocycles. The molecular formula is C24H25BrO9. The molecule has 0 radical (unpaired) electrons. The van der Waals surface area contributed by atoms with Crippen molar-refractivity contribution in [2.45, 2.75) is 17.9 Å². The minimum absolute atomic E-state index is 0.0508. The van der Waals surface area contributed by atoms with Crippen LogP contribution in [0, 0.1) is 0 Å². The summed E-state index contributed by atoms with van der Waals surface area (Å²) in [5.74, 6) is 1.49. The molecule has 182 valence electrons. The van der Waals surface area contributed by atoms with E-state index in [0.717, 1.165) is 0 Å². The highest BCUT2D eigenvalue weighted by molar-refractivity contribution is 9.09. The average Bonchev–Trinajstić information content (AvgIpc) is 3.31. The number of hydrogen-bond acceptors (Lipinski definition) is 9. The Labute approximate surface area is 205 Å². The first-order valence-electron chi connectivity index (χ1n) is 10.2. The monoisotopic (exact) mass is 536 g/mol. The molecule has 3 rings (SSSR count). The predicted molar refractivity (Wildman–Crippen MR) is 126 cm³/mol. The van der Waals surface area contributed by atoms with Gasteiger partial charge in [0.2, 0.25) is 12.5 Å². The molecule has 0 spiro atoms. The molecule has 0 aliphatic carbocycles. The maximum Gasteiger partial charge on any atom is 0.330 e. The highest BCUT2D eigenvalue weighted by Gasteiger charge is 2.27. The zero-order valence-corrected chi connectivity index (χ0v) is 20.7. The fraction of sp³-hybridized carbons (Fsp3) is 0.333. The summed E-state index contributed by atoms with van der Waals surface area (Å²) >= 11 is 3.47. The second kappa shape index (κ2) is 11.6. The molecular weight excluding hydrogens is 512 g/mol. The molecule has 2 aromatic carbocycles. The Kier molecular flexibility index (Phi) is 8.64. The first-order valence-corrected chi connectivity index (χ1v) is 11.1. The molecule has 0 saturated carbocycles. The summed E-state index contributed by atoms with van der Waals surface area (Å²) in [5, 5.41) is 0. The standard InChI is InChI=1S/C24H25BrO9/c1-14(26)34-23(16-6-7-18-19(11-16)33-13-32-18)17(25)12-31-22(27)8-5-15-9-20(28-2)24(30-4)21(10-15)29-3/h5-11,17,23H,12-13H2,1-4H3/b8-5+. The fourth-order valence-corrected chi connectivity index (χ4v) is 3.82. The van der Waals surface area contributed by atoms with Gasteiger partial charge >= 0.3 is 11.9 Å². The normalized spacial score (nSPS) is 13.8. The molecule has 2 aromatic rings. The molecule has 34 heavy (non-hydrogen) atoms. The van der Waals surface area contributed by atoms with Crippen LogP contribution in [0.25, 0.3) is 6.08 Å². The maximum absolute atomic E-state index is 12.3. The van der Waals surface area contributed by atoms with Crippen LogP contribution in [0.1, 0.15) is 24.2 Å². The van der Waals surface area contributed by atoms with E-state index in [2.05, 4.69) is 15.9 Å². The van der Waals surface area contributed by atoms with Gasteiger partial charge < -0.3 is 33.2 Å². The van der Waals surface area contributed by atoms with Gasteiger partial charge in [-0.05, 0) is 41.5 Å². The van der Waals surface area contributed by atoms with E-state index in [1.54, 1.807) is 36.4 Å². The maximum atomic E-state index is 12.3. The van der Waals surface area contributed by atoms with Crippen molar-refractivity contribution in [3.63, 3.8) is 0 Å². The zero-order chi connectivity index (χ0) is 24.7. The first-order chi connectivity index (χ1) is 16.4. The highest BCUT2D eigenvalue weighted by Crippen LogP contribution is 2.39. The number of hydrogen-bond donors (Lipinski definition) is 0. The van der Waals surface area contributed by atoms with Gasteiger partial charge in [0.1, 0.15) is 12.7 Å². The lowest BCUT2D eigenvalue weighted by molar-refractivity contribution is -0.147. The van der Waals surface area contributed by atoms with Gasteiger partial charge in [0.25, 0.3) is 0 Å². The van der Waals surface area contributed by atoms with Gasteiger partial charge in [0.05, 0.1) is 26.2 Å². The SMILES string of the molecule is COc1cc(/C=C/C(=O)OCC(Br)C(OC(C)=O)c2ccc3c(c2)OCO3)cc(OC)c1OC. The summed E-state index contributed by atoms with van der Waals surface area (Å²) < 4.78 is 37.4. The number of alkyl halides is 1. The van der Waals surface area contributed by atoms with E-state index < -0.39 is 22.9 Å². The van der Waals surface area contributed by atoms with Crippen molar-refractivity contribution >= 4 is 33.9 Å². The van der Waals surface area contributed by atoms with Gasteiger partial charge in [0.15, 0.2) is 23.0 Å². The van der Waals surface area contributed by atoms with E-state index in [0.29, 0.717) is 39.9 Å². The van der Waals surface area contributed by atoms with Crippen LogP contribution >= 0.6 is 15.9 Å². The van der Waals surface area contributed by atoms with Crippen molar-refractivity contribution in [2.75, 3.05) is 34.7 Å². The zero-order valence-electron chi connectivity index (χ0n) is 19.2. The van der Waals surface area contributed by atoms with Crippen LogP contribution in [0.3, 0.4) is 0 Å². The number of rotatable bonds is 10. The number of carbonyl (C=O) groups is 2. The third kappa shape index (κ3) is 6.13. The number of fused-ring (bicyclic) bond motifs is 1. The lowest BCUT2D eigenvalue weighted by Crippen LogP contribution is -2.24. The smallest absolute Gasteiger partial charge is 0.330 e. The van der Waals surface area contributed by atoms with Crippen molar-refractivity contribution in [3.05, 3.63) is 47.5 Å². The third-order valence-corrected chi connectivity index (χ3v) is 5.57. The van der Waals surface area contributed by atoms with Gasteiger partial charge in [-0.3, -0.25) is 4.79 Å². The minimum atomic E-state index is -0.709. The van der Waals surface area contributed by atoms with E-state index in [1.165, 1.54) is 34.3 Å². The third-order valence-electron chi connectivity index (χ3n) is 4.83. The lowest BCUT2D eigenvalue weighted by atomic mass is 10.1. The quantitative estimate of drug-likeness (QED) is 0.252. The van der Waals surface area contributed by atoms with Crippen LogP contribution in [-0.2, 0) is 19.1 Å². The molecule has 0 saturated heterocycles. The van der Waals surface area contributed by atoms with Gasteiger partial charge in [-0.1, -0.05) is 22.0 Å². The van der Waals surface area contributed by atoms with E-state index in [4.69, 9.17) is 33.2 Å². The summed E-state index contributed by atoms with van der Waals surface area (Å²) in [6.07, 6.45) is 2.14. The predicted octanol–water partition coefficient (Wildman–Crippen LogP) is 4.07. The summed E-state index contributed by atoms with van der Waals surface area (Å²) in [6.45, 7) is 1.39. The number of halogens is 1. The van der Waals surface area contributed by atoms with Crippen LogP contribution in [0.4, 0.5) is 0 Å². The Morgan fingerprint density at radius 1 is 1.03 bits per heavy atom. The van der Waals surface area contributed by atoms with Crippen molar-refractivity contribution in [1.29, 1.82) is 0 Å². The van der Waals surface area contributed by atoms with Crippen LogP contribution in [0.2, 0.25) is 0 Å². The highest BCUT2D eigenvalue weighted by atomic mass is 79.9. The molecule has 0 bridgehead atoms. The second-order valence-corrected chi connectivity index (χ2v) is 8.26. The largest absolute Gasteiger partial charge is 0.493 e. The number of carbonyl (C=O) groups excluding carboxylic acids is 2. The van der Waals surface area contributed by atoms with Crippen LogP contribution in [0.15, 0.2) is 36.4 Å². The Hall–Kier alpha value is -3.40. The first kappa shape index (κ1) is 25.2. The number of ether oxygens (including phenoxy) is 7. The van der Waals surface area contributed by atoms with Gasteiger partial charge in [0, 0.05) is 13.0 Å². The van der Waals surface area contributed by atoms with Gasteiger partial charge in [-0.15, -0.1) is 0 Å². The number of esters is 2.